The number of carbonyl (C=O) groups is 2. The van der Waals surface area contributed by atoms with E-state index in [1.807, 2.05) is 41.3 Å². The molecule has 1 fully saturated rings. The average Bonchev–Trinajstić information content (AvgIpc) is 2.77. The Labute approximate surface area is 171 Å². The van der Waals surface area contributed by atoms with Gasteiger partial charge >= 0.3 is 0 Å². The molecule has 0 saturated carbocycles. The number of piperidine rings is 1. The van der Waals surface area contributed by atoms with Crippen LogP contribution in [0.5, 0.6) is 0 Å². The molecule has 1 saturated heterocycles. The highest BCUT2D eigenvalue weighted by Gasteiger charge is 2.28. The maximum Gasteiger partial charge on any atom is 0.227 e. The van der Waals surface area contributed by atoms with Crippen LogP contribution in [0, 0.1) is 5.92 Å². The number of aliphatic hydroxyl groups excluding tert-OH is 1. The SMILES string of the molecule is O=C1Nc2ccccc2CC1CCC(=O)N1CCC(c2ccc(CO)cc2)CC1. The van der Waals surface area contributed by atoms with Gasteiger partial charge in [-0.2, -0.15) is 0 Å². The number of nitrogens with zero attached hydrogens (tertiary/aromatic N) is 1. The first kappa shape index (κ1) is 19.6. The van der Waals surface area contributed by atoms with Gasteiger partial charge in [-0.05, 0) is 54.4 Å². The minimum atomic E-state index is -0.128. The smallest absolute Gasteiger partial charge is 0.227 e. The molecule has 152 valence electrons. The lowest BCUT2D eigenvalue weighted by Gasteiger charge is -2.33. The average molecular weight is 392 g/mol. The first-order chi connectivity index (χ1) is 14.1. The number of aliphatic hydroxyl groups is 1. The first-order valence-corrected chi connectivity index (χ1v) is 10.5. The van der Waals surface area contributed by atoms with E-state index in [9.17, 15) is 14.7 Å². The third kappa shape index (κ3) is 4.51. The molecule has 5 nitrogen and oxygen atoms in total. The Morgan fingerprint density at radius 2 is 1.79 bits per heavy atom. The summed E-state index contributed by atoms with van der Waals surface area (Å²) in [6, 6.07) is 16.0. The predicted molar refractivity (Wildman–Crippen MR) is 112 cm³/mol. The molecule has 1 atom stereocenters. The van der Waals surface area contributed by atoms with Crippen LogP contribution in [0.15, 0.2) is 48.5 Å². The Balaban J connectivity index is 1.26. The number of para-hydroxylation sites is 1. The van der Waals surface area contributed by atoms with Gasteiger partial charge in [0.15, 0.2) is 0 Å². The summed E-state index contributed by atoms with van der Waals surface area (Å²) in [7, 11) is 0. The molecular weight excluding hydrogens is 364 g/mol. The summed E-state index contributed by atoms with van der Waals surface area (Å²) in [5, 5.41) is 12.1. The zero-order valence-electron chi connectivity index (χ0n) is 16.6. The fraction of sp³-hybridized carbons (Fsp3) is 0.417. The van der Waals surface area contributed by atoms with Crippen LogP contribution in [0.3, 0.4) is 0 Å². The van der Waals surface area contributed by atoms with E-state index in [0.717, 1.165) is 42.7 Å². The minimum absolute atomic E-state index is 0.0292. The van der Waals surface area contributed by atoms with Gasteiger partial charge < -0.3 is 15.3 Å². The molecule has 2 heterocycles. The first-order valence-electron chi connectivity index (χ1n) is 10.5. The molecule has 2 aromatic rings. The van der Waals surface area contributed by atoms with Crippen molar-refractivity contribution in [3.63, 3.8) is 0 Å². The molecule has 0 radical (unpaired) electrons. The number of amides is 2. The van der Waals surface area contributed by atoms with Crippen molar-refractivity contribution in [2.24, 2.45) is 5.92 Å². The van der Waals surface area contributed by atoms with Gasteiger partial charge in [-0.15, -0.1) is 0 Å². The van der Waals surface area contributed by atoms with Crippen molar-refractivity contribution in [1.29, 1.82) is 0 Å². The summed E-state index contributed by atoms with van der Waals surface area (Å²) >= 11 is 0. The summed E-state index contributed by atoms with van der Waals surface area (Å²) in [4.78, 5) is 27.0. The van der Waals surface area contributed by atoms with Crippen LogP contribution in [0.2, 0.25) is 0 Å². The minimum Gasteiger partial charge on any atom is -0.392 e. The second-order valence-electron chi connectivity index (χ2n) is 8.14. The Bertz CT molecular complexity index is 870. The van der Waals surface area contributed by atoms with E-state index in [2.05, 4.69) is 17.4 Å². The van der Waals surface area contributed by atoms with E-state index < -0.39 is 0 Å². The van der Waals surface area contributed by atoms with Crippen molar-refractivity contribution in [3.8, 4) is 0 Å². The van der Waals surface area contributed by atoms with Crippen molar-refractivity contribution in [1.82, 2.24) is 4.90 Å². The van der Waals surface area contributed by atoms with Gasteiger partial charge in [-0.1, -0.05) is 42.5 Å². The number of fused-ring (bicyclic) bond motifs is 1. The van der Waals surface area contributed by atoms with Crippen molar-refractivity contribution < 1.29 is 14.7 Å². The predicted octanol–water partition coefficient (Wildman–Crippen LogP) is 3.48. The van der Waals surface area contributed by atoms with Crippen molar-refractivity contribution in [2.75, 3.05) is 18.4 Å². The van der Waals surface area contributed by atoms with E-state index in [0.29, 0.717) is 25.2 Å². The summed E-state index contributed by atoms with van der Waals surface area (Å²) in [5.74, 6) is 0.524. The molecule has 5 heteroatoms. The Hall–Kier alpha value is -2.66. The van der Waals surface area contributed by atoms with Gasteiger partial charge in [0.05, 0.1) is 6.61 Å². The van der Waals surface area contributed by atoms with Gasteiger partial charge in [0.2, 0.25) is 11.8 Å². The fourth-order valence-electron chi connectivity index (χ4n) is 4.46. The molecular formula is C24H28N2O3. The van der Waals surface area contributed by atoms with Crippen LogP contribution in [0.25, 0.3) is 0 Å². The zero-order chi connectivity index (χ0) is 20.2. The molecule has 0 aliphatic carbocycles. The number of anilines is 1. The van der Waals surface area contributed by atoms with Gasteiger partial charge in [0.25, 0.3) is 0 Å². The third-order valence-corrected chi connectivity index (χ3v) is 6.30. The molecule has 4 rings (SSSR count). The van der Waals surface area contributed by atoms with E-state index >= 15 is 0 Å². The topological polar surface area (TPSA) is 69.6 Å². The summed E-state index contributed by atoms with van der Waals surface area (Å²) < 4.78 is 0. The lowest BCUT2D eigenvalue weighted by Crippen LogP contribution is -2.38. The molecule has 0 bridgehead atoms. The number of likely N-dealkylation sites (tertiary alicyclic amines) is 1. The standard InChI is InChI=1S/C24H28N2O3/c27-16-17-5-7-18(8-6-17)19-11-13-26(14-12-19)23(28)10-9-21-15-20-3-1-2-4-22(20)25-24(21)29/h1-8,19,21,27H,9-16H2,(H,25,29). The van der Waals surface area contributed by atoms with Crippen molar-refractivity contribution in [2.45, 2.75) is 44.6 Å². The van der Waals surface area contributed by atoms with Crippen LogP contribution in [-0.2, 0) is 22.6 Å². The number of rotatable bonds is 5. The lowest BCUT2D eigenvalue weighted by molar-refractivity contribution is -0.132. The Morgan fingerprint density at radius 1 is 1.07 bits per heavy atom. The molecule has 29 heavy (non-hydrogen) atoms. The van der Waals surface area contributed by atoms with Crippen molar-refractivity contribution >= 4 is 17.5 Å². The van der Waals surface area contributed by atoms with E-state index in [4.69, 9.17) is 0 Å². The molecule has 2 N–H and O–H groups in total. The zero-order valence-corrected chi connectivity index (χ0v) is 16.6. The third-order valence-electron chi connectivity index (χ3n) is 6.30. The number of hydrogen-bond donors (Lipinski definition) is 2. The van der Waals surface area contributed by atoms with Crippen LogP contribution in [-0.4, -0.2) is 34.9 Å². The van der Waals surface area contributed by atoms with Gasteiger partial charge in [0, 0.05) is 31.1 Å². The normalized spacial score (nSPS) is 19.6. The second-order valence-corrected chi connectivity index (χ2v) is 8.14. The summed E-state index contributed by atoms with van der Waals surface area (Å²) in [6.07, 6.45) is 3.65. The highest BCUT2D eigenvalue weighted by atomic mass is 16.3. The molecule has 0 spiro atoms. The number of carbonyl (C=O) groups excluding carboxylic acids is 2. The van der Waals surface area contributed by atoms with Gasteiger partial charge in [-0.25, -0.2) is 0 Å². The molecule has 2 amide bonds. The summed E-state index contributed by atoms with van der Waals surface area (Å²) in [5.41, 5.74) is 4.26. The maximum absolute atomic E-state index is 12.7. The number of nitrogens with one attached hydrogen (secondary N) is 1. The van der Waals surface area contributed by atoms with Gasteiger partial charge in [0.1, 0.15) is 0 Å². The lowest BCUT2D eigenvalue weighted by atomic mass is 9.88. The number of benzene rings is 2. The van der Waals surface area contributed by atoms with E-state index in [1.165, 1.54) is 5.56 Å². The molecule has 2 aliphatic rings. The fourth-order valence-corrected chi connectivity index (χ4v) is 4.46. The molecule has 1 unspecified atom stereocenters. The Kier molecular flexibility index (Phi) is 5.95. The molecule has 2 aromatic carbocycles. The van der Waals surface area contributed by atoms with Crippen LogP contribution in [0.1, 0.15) is 48.3 Å². The summed E-state index contributed by atoms with van der Waals surface area (Å²) in [6.45, 7) is 1.60. The largest absolute Gasteiger partial charge is 0.392 e. The van der Waals surface area contributed by atoms with Gasteiger partial charge in [-0.3, -0.25) is 9.59 Å². The highest BCUT2D eigenvalue weighted by molar-refractivity contribution is 5.96. The quantitative estimate of drug-likeness (QED) is 0.819. The van der Waals surface area contributed by atoms with Crippen molar-refractivity contribution in [3.05, 3.63) is 65.2 Å². The van der Waals surface area contributed by atoms with E-state index in [1.54, 1.807) is 0 Å². The number of hydrogen-bond acceptors (Lipinski definition) is 3. The van der Waals surface area contributed by atoms with Crippen LogP contribution in [0.4, 0.5) is 5.69 Å². The van der Waals surface area contributed by atoms with Crippen LogP contribution >= 0.6 is 0 Å². The monoisotopic (exact) mass is 392 g/mol. The maximum atomic E-state index is 12.7. The Morgan fingerprint density at radius 3 is 2.52 bits per heavy atom. The second kappa shape index (κ2) is 8.78. The van der Waals surface area contributed by atoms with E-state index in [-0.39, 0.29) is 24.3 Å². The van der Waals surface area contributed by atoms with Crippen LogP contribution < -0.4 is 5.32 Å². The molecule has 0 aromatic heterocycles. The molecule has 2 aliphatic heterocycles. The highest BCUT2D eigenvalue weighted by Crippen LogP contribution is 2.30.